The van der Waals surface area contributed by atoms with Gasteiger partial charge in [0.05, 0.1) is 0 Å². The maximum absolute atomic E-state index is 12.1. The number of anilines is 1. The van der Waals surface area contributed by atoms with Crippen LogP contribution in [0, 0.1) is 0 Å². The summed E-state index contributed by atoms with van der Waals surface area (Å²) in [5.74, 6) is -0.481. The van der Waals surface area contributed by atoms with Crippen molar-refractivity contribution in [2.24, 2.45) is 0 Å². The number of nitrogens with one attached hydrogen (secondary N) is 1. The summed E-state index contributed by atoms with van der Waals surface area (Å²) in [5, 5.41) is 11.7. The molecule has 108 valence electrons. The van der Waals surface area contributed by atoms with E-state index in [0.717, 1.165) is 17.0 Å². The van der Waals surface area contributed by atoms with Gasteiger partial charge in [-0.3, -0.25) is 4.79 Å². The van der Waals surface area contributed by atoms with Gasteiger partial charge in [-0.15, -0.1) is 0 Å². The van der Waals surface area contributed by atoms with Gasteiger partial charge in [0.1, 0.15) is 6.10 Å². The molecule has 1 fully saturated rings. The van der Waals surface area contributed by atoms with Crippen molar-refractivity contribution in [3.63, 3.8) is 0 Å². The number of benzene rings is 1. The monoisotopic (exact) mass is 295 g/mol. The first-order chi connectivity index (χ1) is 9.61. The fourth-order valence-corrected chi connectivity index (χ4v) is 2.71. The molecule has 1 saturated heterocycles. The van der Waals surface area contributed by atoms with E-state index in [1.165, 1.54) is 0 Å². The van der Waals surface area contributed by atoms with Gasteiger partial charge in [0.15, 0.2) is 6.10 Å². The predicted molar refractivity (Wildman–Crippen MR) is 77.8 cm³/mol. The van der Waals surface area contributed by atoms with E-state index in [4.69, 9.17) is 9.84 Å². The maximum Gasteiger partial charge on any atom is 0.332 e. The topological polar surface area (TPSA) is 75.6 Å². The number of thioether (sulfide) groups is 1. The van der Waals surface area contributed by atoms with Crippen molar-refractivity contribution in [2.75, 3.05) is 11.6 Å². The normalized spacial score (nSPS) is 21.6. The molecule has 2 rings (SSSR count). The largest absolute Gasteiger partial charge is 0.479 e. The lowest BCUT2D eigenvalue weighted by atomic mass is 10.1. The van der Waals surface area contributed by atoms with Crippen molar-refractivity contribution in [1.29, 1.82) is 0 Å². The Morgan fingerprint density at radius 2 is 2.05 bits per heavy atom. The average Bonchev–Trinajstić information content (AvgIpc) is 2.91. The van der Waals surface area contributed by atoms with Crippen LogP contribution in [0.15, 0.2) is 24.3 Å². The zero-order chi connectivity index (χ0) is 14.5. The zero-order valence-corrected chi connectivity index (χ0v) is 12.0. The van der Waals surface area contributed by atoms with Crippen molar-refractivity contribution < 1.29 is 19.4 Å². The second-order valence-corrected chi connectivity index (χ2v) is 5.47. The predicted octanol–water partition coefficient (Wildman–Crippen LogP) is 2.12. The lowest BCUT2D eigenvalue weighted by Gasteiger charge is -2.14. The first kappa shape index (κ1) is 14.9. The van der Waals surface area contributed by atoms with Crippen LogP contribution >= 0.6 is 11.8 Å². The highest BCUT2D eigenvalue weighted by Crippen LogP contribution is 2.24. The Morgan fingerprint density at radius 1 is 1.35 bits per heavy atom. The first-order valence-corrected chi connectivity index (χ1v) is 7.77. The van der Waals surface area contributed by atoms with Crippen LogP contribution in [0.2, 0.25) is 0 Å². The van der Waals surface area contributed by atoms with Crippen LogP contribution in [-0.2, 0) is 20.1 Å². The second-order valence-electron chi connectivity index (χ2n) is 4.61. The van der Waals surface area contributed by atoms with Crippen LogP contribution in [0.5, 0.6) is 0 Å². The molecule has 0 radical (unpaired) electrons. The molecule has 0 bridgehead atoms. The summed E-state index contributed by atoms with van der Waals surface area (Å²) in [6.45, 7) is 0. The number of ether oxygens (including phenoxy) is 1. The molecular weight excluding hydrogens is 278 g/mol. The molecule has 6 heteroatoms. The van der Waals surface area contributed by atoms with E-state index in [2.05, 4.69) is 5.32 Å². The van der Waals surface area contributed by atoms with E-state index in [1.54, 1.807) is 11.8 Å². The molecule has 1 heterocycles. The number of hydrogen-bond donors (Lipinski definition) is 2. The third kappa shape index (κ3) is 3.52. The number of para-hydroxylation sites is 1. The van der Waals surface area contributed by atoms with Gasteiger partial charge in [0.25, 0.3) is 5.91 Å². The number of aliphatic carboxylic acids is 1. The number of amides is 1. The van der Waals surface area contributed by atoms with E-state index >= 15 is 0 Å². The second kappa shape index (κ2) is 6.76. The van der Waals surface area contributed by atoms with Gasteiger partial charge >= 0.3 is 5.97 Å². The fourth-order valence-electron chi connectivity index (χ4n) is 2.15. The Kier molecular flexibility index (Phi) is 5.03. The highest BCUT2D eigenvalue weighted by molar-refractivity contribution is 7.97. The summed E-state index contributed by atoms with van der Waals surface area (Å²) < 4.78 is 5.24. The third-order valence-electron chi connectivity index (χ3n) is 3.16. The van der Waals surface area contributed by atoms with E-state index in [1.807, 2.05) is 30.5 Å². The lowest BCUT2D eigenvalue weighted by Crippen LogP contribution is -2.30. The van der Waals surface area contributed by atoms with Crippen LogP contribution in [0.1, 0.15) is 18.4 Å². The van der Waals surface area contributed by atoms with E-state index in [0.29, 0.717) is 12.8 Å². The standard InChI is InChI=1S/C14H17NO4S/c1-20-8-9-4-2-3-5-10(9)15-13(16)11-6-7-12(19-11)14(17)18/h2-5,11-12H,6-8H2,1H3,(H,15,16)(H,17,18)/t11-,12+/m0/s1. The smallest absolute Gasteiger partial charge is 0.332 e. The SMILES string of the molecule is CSCc1ccccc1NC(=O)[C@@H]1CC[C@H](C(=O)O)O1. The van der Waals surface area contributed by atoms with Gasteiger partial charge in [0.2, 0.25) is 0 Å². The molecule has 2 N–H and O–H groups in total. The molecule has 5 nitrogen and oxygen atoms in total. The third-order valence-corrected chi connectivity index (χ3v) is 3.76. The zero-order valence-electron chi connectivity index (χ0n) is 11.2. The molecule has 0 saturated carbocycles. The van der Waals surface area contributed by atoms with Crippen molar-refractivity contribution in [1.82, 2.24) is 0 Å². The molecule has 0 aromatic heterocycles. The van der Waals surface area contributed by atoms with Gasteiger partial charge < -0.3 is 15.2 Å². The minimum Gasteiger partial charge on any atom is -0.479 e. The van der Waals surface area contributed by atoms with Crippen LogP contribution in [0.25, 0.3) is 0 Å². The number of carbonyl (C=O) groups is 2. The summed E-state index contributed by atoms with van der Waals surface area (Å²) in [7, 11) is 0. The highest BCUT2D eigenvalue weighted by Gasteiger charge is 2.34. The summed E-state index contributed by atoms with van der Waals surface area (Å²) in [6, 6.07) is 7.58. The van der Waals surface area contributed by atoms with Gasteiger partial charge in [-0.25, -0.2) is 4.79 Å². The summed E-state index contributed by atoms with van der Waals surface area (Å²) >= 11 is 1.67. The molecule has 0 aliphatic carbocycles. The van der Waals surface area contributed by atoms with E-state index in [-0.39, 0.29) is 5.91 Å². The molecule has 2 atom stereocenters. The van der Waals surface area contributed by atoms with Crippen molar-refractivity contribution in [3.8, 4) is 0 Å². The first-order valence-electron chi connectivity index (χ1n) is 6.37. The molecule has 1 aliphatic heterocycles. The summed E-state index contributed by atoms with van der Waals surface area (Å²) in [4.78, 5) is 22.9. The van der Waals surface area contributed by atoms with Gasteiger partial charge in [0, 0.05) is 11.4 Å². The molecule has 0 unspecified atom stereocenters. The maximum atomic E-state index is 12.1. The molecule has 1 aliphatic rings. The molecule has 20 heavy (non-hydrogen) atoms. The van der Waals surface area contributed by atoms with Crippen LogP contribution in [0.4, 0.5) is 5.69 Å². The molecule has 1 aromatic rings. The molecule has 1 amide bonds. The number of hydrogen-bond acceptors (Lipinski definition) is 4. The minimum atomic E-state index is -1.01. The Labute approximate surface area is 121 Å². The quantitative estimate of drug-likeness (QED) is 0.870. The average molecular weight is 295 g/mol. The number of rotatable bonds is 5. The van der Waals surface area contributed by atoms with Crippen molar-refractivity contribution >= 4 is 29.3 Å². The van der Waals surface area contributed by atoms with Crippen LogP contribution in [0.3, 0.4) is 0 Å². The number of carboxylic acids is 1. The van der Waals surface area contributed by atoms with Gasteiger partial charge in [-0.2, -0.15) is 11.8 Å². The minimum absolute atomic E-state index is 0.276. The van der Waals surface area contributed by atoms with Crippen molar-refractivity contribution in [3.05, 3.63) is 29.8 Å². The number of carboxylic acid groups (broad SMARTS) is 1. The van der Waals surface area contributed by atoms with Crippen LogP contribution < -0.4 is 5.32 Å². The van der Waals surface area contributed by atoms with E-state index in [9.17, 15) is 9.59 Å². The van der Waals surface area contributed by atoms with Gasteiger partial charge in [-0.1, -0.05) is 18.2 Å². The Balaban J connectivity index is 2.00. The lowest BCUT2D eigenvalue weighted by molar-refractivity contribution is -0.150. The number of carbonyl (C=O) groups excluding carboxylic acids is 1. The fraction of sp³-hybridized carbons (Fsp3) is 0.429. The molecule has 1 aromatic carbocycles. The molecule has 0 spiro atoms. The Morgan fingerprint density at radius 3 is 2.70 bits per heavy atom. The highest BCUT2D eigenvalue weighted by atomic mass is 32.2. The van der Waals surface area contributed by atoms with Gasteiger partial charge in [-0.05, 0) is 30.7 Å². The Bertz CT molecular complexity index is 506. The Hall–Kier alpha value is -1.53. The van der Waals surface area contributed by atoms with E-state index < -0.39 is 18.2 Å². The van der Waals surface area contributed by atoms with Crippen molar-refractivity contribution in [2.45, 2.75) is 30.8 Å². The van der Waals surface area contributed by atoms with Crippen LogP contribution in [-0.4, -0.2) is 35.4 Å². The molecular formula is C14H17NO4S. The summed E-state index contributed by atoms with van der Waals surface area (Å²) in [6.07, 6.45) is 1.26. The summed E-state index contributed by atoms with van der Waals surface area (Å²) in [5.41, 5.74) is 1.80.